The average Bonchev–Trinajstić information content (AvgIpc) is 3.87. The van der Waals surface area contributed by atoms with Crippen LogP contribution in [-0.2, 0) is 37.3 Å². The van der Waals surface area contributed by atoms with Gasteiger partial charge >= 0.3 is 0 Å². The fourth-order valence-electron chi connectivity index (χ4n) is 8.69. The zero-order chi connectivity index (χ0) is 45.2. The predicted molar refractivity (Wildman–Crippen MR) is 267 cm³/mol. The third-order valence-corrected chi connectivity index (χ3v) is 12.6. The van der Waals surface area contributed by atoms with Crippen molar-refractivity contribution in [2.45, 2.75) is 92.4 Å². The van der Waals surface area contributed by atoms with E-state index in [9.17, 15) is 0 Å². The Bertz CT molecular complexity index is 3030. The monoisotopic (exact) mass is 1030 g/mol. The second-order valence-corrected chi connectivity index (χ2v) is 20.8. The molecule has 0 saturated heterocycles. The molecule has 0 N–H and O–H groups in total. The third kappa shape index (κ3) is 9.05. The molecular weight excluding hydrogens is 976 g/mol. The van der Waals surface area contributed by atoms with Crippen LogP contribution < -0.4 is 14.5 Å². The molecule has 0 fully saturated rings. The molecule has 6 heteroatoms. The molecule has 9 rings (SSSR count). The van der Waals surface area contributed by atoms with Gasteiger partial charge in [-0.05, 0) is 80.6 Å². The van der Waals surface area contributed by atoms with E-state index in [1.165, 1.54) is 27.8 Å². The van der Waals surface area contributed by atoms with Crippen molar-refractivity contribution < 1.29 is 25.8 Å². The first-order valence-corrected chi connectivity index (χ1v) is 22.4. The summed E-state index contributed by atoms with van der Waals surface area (Å²) in [5.41, 5.74) is 11.8. The minimum Gasteiger partial charge on any atom is -0.509 e. The zero-order valence-electron chi connectivity index (χ0n) is 39.5. The molecule has 6 aromatic carbocycles. The summed E-state index contributed by atoms with van der Waals surface area (Å²) < 4.78 is 9.07. The number of anilines is 2. The van der Waals surface area contributed by atoms with Crippen LogP contribution in [0.25, 0.3) is 38.8 Å². The molecule has 0 spiro atoms. The van der Waals surface area contributed by atoms with Gasteiger partial charge < -0.3 is 19.1 Å². The zero-order valence-corrected chi connectivity index (χ0v) is 41.8. The van der Waals surface area contributed by atoms with Gasteiger partial charge in [-0.3, -0.25) is 0 Å². The molecule has 65 heavy (non-hydrogen) atoms. The molecule has 3 heterocycles. The number of allylic oxidation sites excluding steroid dienone is 1. The number of pyridine rings is 1. The van der Waals surface area contributed by atoms with Crippen molar-refractivity contribution in [2.75, 3.05) is 9.80 Å². The summed E-state index contributed by atoms with van der Waals surface area (Å²) in [6.07, 6.45) is 4.19. The van der Waals surface area contributed by atoms with Crippen LogP contribution in [0.3, 0.4) is 0 Å². The molecular formula is C59H59N4OPt-3. The first-order valence-electron chi connectivity index (χ1n) is 22.4. The van der Waals surface area contributed by atoms with Crippen molar-refractivity contribution in [3.8, 4) is 28.4 Å². The van der Waals surface area contributed by atoms with E-state index in [1.54, 1.807) is 0 Å². The topological polar surface area (TPSA) is 33.5 Å². The average molecular weight is 1040 g/mol. The summed E-state index contributed by atoms with van der Waals surface area (Å²) in [4.78, 5) is 9.45. The van der Waals surface area contributed by atoms with Crippen molar-refractivity contribution >= 4 is 33.2 Å². The number of fused-ring (bicyclic) bond motifs is 3. The Labute approximate surface area is 401 Å². The minimum atomic E-state index is -0.237. The van der Waals surface area contributed by atoms with Crippen molar-refractivity contribution in [2.24, 2.45) is 5.41 Å². The molecule has 1 aliphatic rings. The summed E-state index contributed by atoms with van der Waals surface area (Å²) in [6.45, 7) is 27.1. The molecule has 0 saturated carbocycles. The van der Waals surface area contributed by atoms with Crippen LogP contribution in [0.15, 0.2) is 158 Å². The van der Waals surface area contributed by atoms with E-state index in [4.69, 9.17) is 9.72 Å². The van der Waals surface area contributed by atoms with Crippen LogP contribution >= 0.6 is 0 Å². The standard InChI is InChI=1S/C59H59N4O.Pt/c1-56(2,3)43-28-29-60-55(35-43)63-52-25-19-18-24-50(52)51-27-26-48(37-53(51)63)64-49-34-44(57(4,5)6)32-47(36-49)62-39-61(38-54(62)58(7,8)9)46-31-41(40-20-14-12-15-21-40)30-45(33-46)59(10,11)42-22-16-13-17-23-42;/h12-35,38-39H,1-11H3;/q-3;. The maximum absolute atomic E-state index is 6.86. The molecule has 0 atom stereocenters. The van der Waals surface area contributed by atoms with Gasteiger partial charge in [-0.1, -0.05) is 167 Å². The van der Waals surface area contributed by atoms with Gasteiger partial charge in [-0.15, -0.1) is 53.6 Å². The van der Waals surface area contributed by atoms with E-state index in [0.29, 0.717) is 11.5 Å². The van der Waals surface area contributed by atoms with Crippen LogP contribution in [0, 0.1) is 24.2 Å². The molecule has 2 aromatic heterocycles. The largest absolute Gasteiger partial charge is 0.509 e. The minimum absolute atomic E-state index is 0. The second-order valence-electron chi connectivity index (χ2n) is 20.8. The van der Waals surface area contributed by atoms with E-state index in [1.807, 2.05) is 12.3 Å². The number of benzene rings is 6. The third-order valence-electron chi connectivity index (χ3n) is 12.6. The summed E-state index contributed by atoms with van der Waals surface area (Å²) >= 11 is 0. The number of aromatic nitrogens is 2. The Morgan fingerprint density at radius 2 is 1.22 bits per heavy atom. The number of hydrogen-bond acceptors (Lipinski definition) is 4. The Kier molecular flexibility index (Phi) is 12.0. The van der Waals surface area contributed by atoms with E-state index in [0.717, 1.165) is 50.3 Å². The predicted octanol–water partition coefficient (Wildman–Crippen LogP) is 15.5. The van der Waals surface area contributed by atoms with E-state index in [2.05, 4.69) is 249 Å². The normalized spacial score (nSPS) is 13.6. The molecule has 0 amide bonds. The van der Waals surface area contributed by atoms with Gasteiger partial charge in [0, 0.05) is 66.5 Å². The van der Waals surface area contributed by atoms with Crippen molar-refractivity contribution in [1.82, 2.24) is 9.55 Å². The van der Waals surface area contributed by atoms with Crippen LogP contribution in [0.4, 0.5) is 11.4 Å². The summed E-state index contributed by atoms with van der Waals surface area (Å²) in [7, 11) is 0. The van der Waals surface area contributed by atoms with Gasteiger partial charge in [0.2, 0.25) is 0 Å². The first-order chi connectivity index (χ1) is 30.3. The number of ether oxygens (including phenoxy) is 1. The molecule has 1 aliphatic heterocycles. The molecule has 0 unspecified atom stereocenters. The maximum Gasteiger partial charge on any atom is 0.135 e. The van der Waals surface area contributed by atoms with Crippen LogP contribution in [-0.4, -0.2) is 9.55 Å². The van der Waals surface area contributed by atoms with Gasteiger partial charge in [-0.2, -0.15) is 6.07 Å². The van der Waals surface area contributed by atoms with Gasteiger partial charge in [0.15, 0.2) is 0 Å². The Morgan fingerprint density at radius 3 is 1.91 bits per heavy atom. The number of rotatable bonds is 8. The van der Waals surface area contributed by atoms with Crippen LogP contribution in [0.1, 0.15) is 98.4 Å². The van der Waals surface area contributed by atoms with Crippen LogP contribution in [0.5, 0.6) is 11.5 Å². The number of nitrogens with zero attached hydrogens (tertiary/aromatic N) is 4. The number of hydrogen-bond donors (Lipinski definition) is 0. The van der Waals surface area contributed by atoms with Crippen molar-refractivity contribution in [3.63, 3.8) is 0 Å². The van der Waals surface area contributed by atoms with E-state index >= 15 is 0 Å². The summed E-state index contributed by atoms with van der Waals surface area (Å²) in [5.74, 6) is 2.10. The SMILES string of the molecule is CC(C)(C)C1=CN(c2cc(-c3ccccc3)cc(C(C)(C)c3ccccc3)c2)[CH-]N1c1[c-]c(Oc2[c-]c3c(cc2)c2ccccc2n3-c2cc(C(C)(C)C)ccn2)cc(C(C)(C)C)c1.[Pt]. The second kappa shape index (κ2) is 17.1. The van der Waals surface area contributed by atoms with Gasteiger partial charge in [0.25, 0.3) is 0 Å². The van der Waals surface area contributed by atoms with Crippen molar-refractivity contribution in [1.29, 1.82) is 0 Å². The fraction of sp³-hybridized carbons (Fsp3) is 0.254. The quantitative estimate of drug-likeness (QED) is 0.142. The Morgan fingerprint density at radius 1 is 0.538 bits per heavy atom. The van der Waals surface area contributed by atoms with Gasteiger partial charge in [0.05, 0.1) is 0 Å². The van der Waals surface area contributed by atoms with Gasteiger partial charge in [-0.25, -0.2) is 4.98 Å². The fourth-order valence-corrected chi connectivity index (χ4v) is 8.69. The van der Waals surface area contributed by atoms with Gasteiger partial charge in [0.1, 0.15) is 5.82 Å². The van der Waals surface area contributed by atoms with Crippen LogP contribution in [0.2, 0.25) is 0 Å². The smallest absolute Gasteiger partial charge is 0.135 e. The van der Waals surface area contributed by atoms with E-state index in [-0.39, 0.29) is 42.7 Å². The number of para-hydroxylation sites is 1. The Hall–Kier alpha value is -5.90. The molecule has 8 aromatic rings. The molecule has 334 valence electrons. The summed E-state index contributed by atoms with van der Waals surface area (Å²) in [6, 6.07) is 57.3. The first kappa shape index (κ1) is 45.7. The van der Waals surface area contributed by atoms with Crippen molar-refractivity contribution in [3.05, 3.63) is 199 Å². The van der Waals surface area contributed by atoms with E-state index < -0.39 is 0 Å². The molecule has 0 radical (unpaired) electrons. The summed E-state index contributed by atoms with van der Waals surface area (Å²) in [5, 5.41) is 2.24. The maximum atomic E-state index is 6.86. The Balaban J connectivity index is 0.00000576. The molecule has 5 nitrogen and oxygen atoms in total. The molecule has 0 aliphatic carbocycles. The molecule has 0 bridgehead atoms.